The van der Waals surface area contributed by atoms with Crippen LogP contribution in [0.25, 0.3) is 0 Å². The van der Waals surface area contributed by atoms with E-state index in [0.717, 1.165) is 5.56 Å². The fourth-order valence-electron chi connectivity index (χ4n) is 1.02. The first kappa shape index (κ1) is 12.0. The van der Waals surface area contributed by atoms with Crippen molar-refractivity contribution in [1.82, 2.24) is 5.43 Å². The van der Waals surface area contributed by atoms with Crippen molar-refractivity contribution in [3.63, 3.8) is 0 Å². The number of amides is 2. The van der Waals surface area contributed by atoms with E-state index in [1.165, 1.54) is 6.21 Å². The Morgan fingerprint density at radius 2 is 2.44 bits per heavy atom. The normalized spacial score (nSPS) is 10.3. The van der Waals surface area contributed by atoms with Gasteiger partial charge in [0.15, 0.2) is 0 Å². The monoisotopic (exact) mass is 223 g/mol. The van der Waals surface area contributed by atoms with E-state index in [-0.39, 0.29) is 13.2 Å². The topological polar surface area (TPSA) is 96.9 Å². The molecule has 6 heteroatoms. The molecule has 1 aromatic rings. The number of aliphatic hydroxyl groups excluding tert-OH is 1. The van der Waals surface area contributed by atoms with E-state index in [1.807, 2.05) is 0 Å². The molecule has 4 N–H and O–H groups in total. The van der Waals surface area contributed by atoms with Crippen LogP contribution >= 0.6 is 0 Å². The van der Waals surface area contributed by atoms with Gasteiger partial charge in [0, 0.05) is 0 Å². The number of aliphatic hydroxyl groups is 1. The summed E-state index contributed by atoms with van der Waals surface area (Å²) in [5.74, 6) is 0.622. The van der Waals surface area contributed by atoms with Gasteiger partial charge in [-0.1, -0.05) is 12.1 Å². The summed E-state index contributed by atoms with van der Waals surface area (Å²) >= 11 is 0. The molecule has 0 aliphatic rings. The van der Waals surface area contributed by atoms with Crippen LogP contribution in [0.15, 0.2) is 29.4 Å². The van der Waals surface area contributed by atoms with Crippen molar-refractivity contribution in [3.8, 4) is 5.75 Å². The standard InChI is InChI=1S/C10H13N3O3/c11-10(15)13-12-7-8-2-1-3-9(6-8)16-5-4-14/h1-3,6-7,14H,4-5H2,(H3,11,13,15). The number of carbonyl (C=O) groups excluding carboxylic acids is 1. The summed E-state index contributed by atoms with van der Waals surface area (Å²) in [5.41, 5.74) is 7.67. The fourth-order valence-corrected chi connectivity index (χ4v) is 1.02. The van der Waals surface area contributed by atoms with Crippen LogP contribution < -0.4 is 15.9 Å². The number of hydrogen-bond donors (Lipinski definition) is 3. The Labute approximate surface area is 92.7 Å². The van der Waals surface area contributed by atoms with Crippen molar-refractivity contribution in [2.24, 2.45) is 10.8 Å². The van der Waals surface area contributed by atoms with E-state index in [2.05, 4.69) is 10.5 Å². The number of nitrogens with one attached hydrogen (secondary N) is 1. The first-order valence-electron chi connectivity index (χ1n) is 4.64. The van der Waals surface area contributed by atoms with Gasteiger partial charge in [0.2, 0.25) is 0 Å². The van der Waals surface area contributed by atoms with Gasteiger partial charge in [-0.2, -0.15) is 5.10 Å². The van der Waals surface area contributed by atoms with Gasteiger partial charge in [-0.3, -0.25) is 0 Å². The molecule has 0 saturated heterocycles. The molecule has 2 amide bonds. The van der Waals surface area contributed by atoms with Crippen molar-refractivity contribution in [3.05, 3.63) is 29.8 Å². The Balaban J connectivity index is 2.59. The highest BCUT2D eigenvalue weighted by molar-refractivity contribution is 5.81. The number of nitrogens with two attached hydrogens (primary N) is 1. The number of hydrogen-bond acceptors (Lipinski definition) is 4. The SMILES string of the molecule is NC(=O)NN=Cc1cccc(OCCO)c1. The minimum Gasteiger partial charge on any atom is -0.491 e. The van der Waals surface area contributed by atoms with Gasteiger partial charge < -0.3 is 15.6 Å². The fraction of sp³-hybridized carbons (Fsp3) is 0.200. The summed E-state index contributed by atoms with van der Waals surface area (Å²) in [5, 5.41) is 12.2. The first-order chi connectivity index (χ1) is 7.72. The third-order valence-corrected chi connectivity index (χ3v) is 1.61. The van der Waals surface area contributed by atoms with E-state index in [0.29, 0.717) is 5.75 Å². The van der Waals surface area contributed by atoms with Crippen molar-refractivity contribution in [1.29, 1.82) is 0 Å². The first-order valence-corrected chi connectivity index (χ1v) is 4.64. The second-order valence-electron chi connectivity index (χ2n) is 2.88. The number of rotatable bonds is 5. The predicted molar refractivity (Wildman–Crippen MR) is 59.3 cm³/mol. The van der Waals surface area contributed by atoms with Gasteiger partial charge in [-0.05, 0) is 17.7 Å². The molecule has 0 radical (unpaired) electrons. The van der Waals surface area contributed by atoms with Crippen LogP contribution in [0, 0.1) is 0 Å². The zero-order valence-electron chi connectivity index (χ0n) is 8.59. The van der Waals surface area contributed by atoms with Gasteiger partial charge in [-0.25, -0.2) is 10.2 Å². The molecule has 0 saturated carbocycles. The van der Waals surface area contributed by atoms with Crippen LogP contribution in [0.1, 0.15) is 5.56 Å². The molecule has 0 aromatic heterocycles. The molecule has 0 aliphatic carbocycles. The van der Waals surface area contributed by atoms with Gasteiger partial charge in [-0.15, -0.1) is 0 Å². The largest absolute Gasteiger partial charge is 0.491 e. The van der Waals surface area contributed by atoms with Crippen molar-refractivity contribution < 1.29 is 14.6 Å². The zero-order valence-corrected chi connectivity index (χ0v) is 8.59. The highest BCUT2D eigenvalue weighted by Gasteiger charge is 1.94. The minimum absolute atomic E-state index is 0.0401. The third-order valence-electron chi connectivity index (χ3n) is 1.61. The number of benzene rings is 1. The zero-order chi connectivity index (χ0) is 11.8. The molecule has 0 bridgehead atoms. The lowest BCUT2D eigenvalue weighted by molar-refractivity contribution is 0.201. The average molecular weight is 223 g/mol. The quantitative estimate of drug-likeness (QED) is 0.486. The van der Waals surface area contributed by atoms with Crippen LogP contribution in [0.2, 0.25) is 0 Å². The highest BCUT2D eigenvalue weighted by atomic mass is 16.5. The second-order valence-corrected chi connectivity index (χ2v) is 2.88. The van der Waals surface area contributed by atoms with Crippen molar-refractivity contribution in [2.75, 3.05) is 13.2 Å². The Morgan fingerprint density at radius 1 is 1.62 bits per heavy atom. The molecular weight excluding hydrogens is 210 g/mol. The summed E-state index contributed by atoms with van der Waals surface area (Å²) in [4.78, 5) is 10.3. The van der Waals surface area contributed by atoms with Crippen LogP contribution in [-0.2, 0) is 0 Å². The molecule has 6 nitrogen and oxygen atoms in total. The minimum atomic E-state index is -0.719. The lowest BCUT2D eigenvalue weighted by Gasteiger charge is -2.03. The summed E-state index contributed by atoms with van der Waals surface area (Å²) in [6, 6.07) is 6.33. The lowest BCUT2D eigenvalue weighted by Crippen LogP contribution is -2.24. The molecule has 16 heavy (non-hydrogen) atoms. The van der Waals surface area contributed by atoms with Crippen LogP contribution in [0.3, 0.4) is 0 Å². The average Bonchev–Trinajstić information content (AvgIpc) is 2.26. The Kier molecular flexibility index (Phi) is 4.81. The van der Waals surface area contributed by atoms with Gasteiger partial charge in [0.1, 0.15) is 12.4 Å². The lowest BCUT2D eigenvalue weighted by atomic mass is 10.2. The molecule has 1 aromatic carbocycles. The molecule has 0 fully saturated rings. The van der Waals surface area contributed by atoms with Gasteiger partial charge in [0.05, 0.1) is 12.8 Å². The molecule has 0 heterocycles. The predicted octanol–water partition coefficient (Wildman–Crippen LogP) is 0.0599. The number of carbonyl (C=O) groups is 1. The molecule has 0 atom stereocenters. The smallest absolute Gasteiger partial charge is 0.332 e. The number of primary amides is 1. The number of ether oxygens (including phenoxy) is 1. The molecule has 86 valence electrons. The summed E-state index contributed by atoms with van der Waals surface area (Å²) < 4.78 is 5.20. The second kappa shape index (κ2) is 6.41. The summed E-state index contributed by atoms with van der Waals surface area (Å²) in [6.45, 7) is 0.196. The number of nitrogens with zero attached hydrogens (tertiary/aromatic N) is 1. The molecule has 0 spiro atoms. The van der Waals surface area contributed by atoms with Gasteiger partial charge >= 0.3 is 6.03 Å². The van der Waals surface area contributed by atoms with Crippen molar-refractivity contribution in [2.45, 2.75) is 0 Å². The van der Waals surface area contributed by atoms with Crippen LogP contribution in [-0.4, -0.2) is 30.6 Å². The Morgan fingerprint density at radius 3 is 3.12 bits per heavy atom. The van der Waals surface area contributed by atoms with Crippen LogP contribution in [0.5, 0.6) is 5.75 Å². The van der Waals surface area contributed by atoms with Crippen LogP contribution in [0.4, 0.5) is 4.79 Å². The van der Waals surface area contributed by atoms with E-state index in [4.69, 9.17) is 15.6 Å². The maximum atomic E-state index is 10.3. The van der Waals surface area contributed by atoms with Gasteiger partial charge in [0.25, 0.3) is 0 Å². The molecule has 0 unspecified atom stereocenters. The summed E-state index contributed by atoms with van der Waals surface area (Å²) in [6.07, 6.45) is 1.44. The van der Waals surface area contributed by atoms with E-state index in [9.17, 15) is 4.79 Å². The van der Waals surface area contributed by atoms with E-state index < -0.39 is 6.03 Å². The molecular formula is C10H13N3O3. The maximum Gasteiger partial charge on any atom is 0.332 e. The Bertz CT molecular complexity index is 379. The highest BCUT2D eigenvalue weighted by Crippen LogP contribution is 2.11. The van der Waals surface area contributed by atoms with E-state index >= 15 is 0 Å². The molecule has 1 rings (SSSR count). The summed E-state index contributed by atoms with van der Waals surface area (Å²) in [7, 11) is 0. The third kappa shape index (κ3) is 4.43. The number of urea groups is 1. The molecule has 0 aliphatic heterocycles. The van der Waals surface area contributed by atoms with Crippen molar-refractivity contribution >= 4 is 12.2 Å². The van der Waals surface area contributed by atoms with E-state index in [1.54, 1.807) is 24.3 Å². The number of hydrazone groups is 1. The maximum absolute atomic E-state index is 10.3. The Hall–Kier alpha value is -2.08.